The summed E-state index contributed by atoms with van der Waals surface area (Å²) < 4.78 is 7.31. The Balaban J connectivity index is 1.39. The average Bonchev–Trinajstić information content (AvgIpc) is 3.23. The van der Waals surface area contributed by atoms with Gasteiger partial charge in [-0.15, -0.1) is 11.3 Å². The van der Waals surface area contributed by atoms with Gasteiger partial charge >= 0.3 is 0 Å². The van der Waals surface area contributed by atoms with Crippen LogP contribution >= 0.6 is 11.3 Å². The summed E-state index contributed by atoms with van der Waals surface area (Å²) in [5, 5.41) is 9.12. The minimum atomic E-state index is -0.0767. The van der Waals surface area contributed by atoms with Crippen molar-refractivity contribution in [2.45, 2.75) is 56.5 Å². The Morgan fingerprint density at radius 2 is 2.08 bits per heavy atom. The highest BCUT2D eigenvalue weighted by atomic mass is 32.1. The SMILES string of the molecule is O=c1ccc(C2CC2)nn1C1COCC1Nc1nc2c(s1)CCCC2. The molecule has 132 valence electrons. The van der Waals surface area contributed by atoms with Gasteiger partial charge < -0.3 is 10.1 Å². The van der Waals surface area contributed by atoms with E-state index in [2.05, 4.69) is 10.4 Å². The van der Waals surface area contributed by atoms with Crippen LogP contribution in [0, 0.1) is 0 Å². The zero-order chi connectivity index (χ0) is 16.8. The summed E-state index contributed by atoms with van der Waals surface area (Å²) in [6, 6.07) is 3.49. The summed E-state index contributed by atoms with van der Waals surface area (Å²) in [5.41, 5.74) is 2.24. The predicted octanol–water partition coefficient (Wildman–Crippen LogP) is 2.51. The van der Waals surface area contributed by atoms with Crippen LogP contribution in [0.1, 0.15) is 53.9 Å². The van der Waals surface area contributed by atoms with Crippen LogP contribution < -0.4 is 10.9 Å². The lowest BCUT2D eigenvalue weighted by Gasteiger charge is -2.20. The van der Waals surface area contributed by atoms with Crippen molar-refractivity contribution in [1.29, 1.82) is 0 Å². The molecule has 0 amide bonds. The fourth-order valence-electron chi connectivity index (χ4n) is 3.77. The van der Waals surface area contributed by atoms with Gasteiger partial charge in [0.15, 0.2) is 5.13 Å². The molecule has 6 nitrogen and oxygen atoms in total. The molecular formula is C18H22N4O2S. The number of thiazole rings is 1. The lowest BCUT2D eigenvalue weighted by molar-refractivity contribution is 0.182. The largest absolute Gasteiger partial charge is 0.377 e. The Bertz CT molecular complexity index is 818. The monoisotopic (exact) mass is 358 g/mol. The van der Waals surface area contributed by atoms with Gasteiger partial charge in [0.05, 0.1) is 30.6 Å². The van der Waals surface area contributed by atoms with Crippen LogP contribution in [0.3, 0.4) is 0 Å². The van der Waals surface area contributed by atoms with Crippen molar-refractivity contribution in [2.24, 2.45) is 0 Å². The average molecular weight is 358 g/mol. The minimum absolute atomic E-state index is 0.0345. The highest BCUT2D eigenvalue weighted by Gasteiger charge is 2.33. The van der Waals surface area contributed by atoms with E-state index in [1.54, 1.807) is 22.1 Å². The third-order valence-corrected chi connectivity index (χ3v) is 6.45. The number of aromatic nitrogens is 3. The fourth-order valence-corrected chi connectivity index (χ4v) is 4.88. The molecular weight excluding hydrogens is 336 g/mol. The lowest BCUT2D eigenvalue weighted by atomic mass is 10.0. The van der Waals surface area contributed by atoms with Crippen LogP contribution in [-0.2, 0) is 17.6 Å². The Kier molecular flexibility index (Phi) is 3.86. The fraction of sp³-hybridized carbons (Fsp3) is 0.611. The van der Waals surface area contributed by atoms with Gasteiger partial charge in [-0.25, -0.2) is 9.67 Å². The Labute approximate surface area is 150 Å². The number of fused-ring (bicyclic) bond motifs is 1. The molecule has 2 aliphatic carbocycles. The summed E-state index contributed by atoms with van der Waals surface area (Å²) in [6.45, 7) is 1.10. The maximum absolute atomic E-state index is 12.4. The molecule has 2 aromatic heterocycles. The Hall–Kier alpha value is -1.73. The molecule has 7 heteroatoms. The highest BCUT2D eigenvalue weighted by Crippen LogP contribution is 2.38. The first-order valence-electron chi connectivity index (χ1n) is 9.20. The van der Waals surface area contributed by atoms with E-state index in [1.807, 2.05) is 6.07 Å². The second-order valence-corrected chi connectivity index (χ2v) is 8.35. The molecule has 2 atom stereocenters. The van der Waals surface area contributed by atoms with Gasteiger partial charge in [0.25, 0.3) is 5.56 Å². The first-order chi connectivity index (χ1) is 12.3. The molecule has 1 saturated heterocycles. The number of nitrogens with zero attached hydrogens (tertiary/aromatic N) is 3. The van der Waals surface area contributed by atoms with Crippen molar-refractivity contribution in [3.63, 3.8) is 0 Å². The number of nitrogens with one attached hydrogen (secondary N) is 1. The molecule has 1 N–H and O–H groups in total. The summed E-state index contributed by atoms with van der Waals surface area (Å²) in [6.07, 6.45) is 7.08. The first-order valence-corrected chi connectivity index (χ1v) is 10.0. The van der Waals surface area contributed by atoms with Gasteiger partial charge in [-0.2, -0.15) is 5.10 Å². The van der Waals surface area contributed by atoms with Gasteiger partial charge in [-0.3, -0.25) is 4.79 Å². The third-order valence-electron chi connectivity index (χ3n) is 5.36. The summed E-state index contributed by atoms with van der Waals surface area (Å²) in [4.78, 5) is 18.5. The van der Waals surface area contributed by atoms with E-state index >= 15 is 0 Å². The molecule has 0 spiro atoms. The topological polar surface area (TPSA) is 69.0 Å². The van der Waals surface area contributed by atoms with E-state index in [0.29, 0.717) is 19.1 Å². The highest BCUT2D eigenvalue weighted by molar-refractivity contribution is 7.15. The van der Waals surface area contributed by atoms with Gasteiger partial charge in [-0.1, -0.05) is 0 Å². The van der Waals surface area contributed by atoms with E-state index in [0.717, 1.165) is 23.7 Å². The van der Waals surface area contributed by atoms with E-state index in [1.165, 1.54) is 36.3 Å². The van der Waals surface area contributed by atoms with Gasteiger partial charge in [0, 0.05) is 16.9 Å². The Morgan fingerprint density at radius 1 is 1.20 bits per heavy atom. The smallest absolute Gasteiger partial charge is 0.267 e. The second kappa shape index (κ2) is 6.21. The van der Waals surface area contributed by atoms with Crippen molar-refractivity contribution < 1.29 is 4.74 Å². The number of hydrogen-bond donors (Lipinski definition) is 1. The van der Waals surface area contributed by atoms with Gasteiger partial charge in [0.2, 0.25) is 0 Å². The lowest BCUT2D eigenvalue weighted by Crippen LogP contribution is -2.37. The zero-order valence-corrected chi connectivity index (χ0v) is 14.9. The zero-order valence-electron chi connectivity index (χ0n) is 14.1. The number of ether oxygens (including phenoxy) is 1. The van der Waals surface area contributed by atoms with Crippen molar-refractivity contribution in [3.05, 3.63) is 38.8 Å². The van der Waals surface area contributed by atoms with Gasteiger partial charge in [0.1, 0.15) is 6.04 Å². The molecule has 1 aliphatic heterocycles. The summed E-state index contributed by atoms with van der Waals surface area (Å²) in [7, 11) is 0. The van der Waals surface area contributed by atoms with Crippen molar-refractivity contribution in [3.8, 4) is 0 Å². The molecule has 0 aromatic carbocycles. The summed E-state index contributed by atoms with van der Waals surface area (Å²) >= 11 is 1.76. The van der Waals surface area contributed by atoms with Crippen LogP contribution in [0.15, 0.2) is 16.9 Å². The van der Waals surface area contributed by atoms with Crippen LogP contribution in [0.25, 0.3) is 0 Å². The number of rotatable bonds is 4. The molecule has 25 heavy (non-hydrogen) atoms. The van der Waals surface area contributed by atoms with E-state index in [4.69, 9.17) is 9.72 Å². The van der Waals surface area contributed by atoms with Crippen molar-refractivity contribution in [2.75, 3.05) is 18.5 Å². The maximum atomic E-state index is 12.4. The third kappa shape index (κ3) is 3.00. The normalized spacial score (nSPS) is 25.8. The van der Waals surface area contributed by atoms with Gasteiger partial charge in [-0.05, 0) is 44.6 Å². The van der Waals surface area contributed by atoms with Crippen LogP contribution in [-0.4, -0.2) is 34.0 Å². The molecule has 2 aromatic rings. The van der Waals surface area contributed by atoms with Crippen molar-refractivity contribution in [1.82, 2.24) is 14.8 Å². The molecule has 5 rings (SSSR count). The van der Waals surface area contributed by atoms with E-state index < -0.39 is 0 Å². The molecule has 0 radical (unpaired) electrons. The maximum Gasteiger partial charge on any atom is 0.267 e. The minimum Gasteiger partial charge on any atom is -0.377 e. The second-order valence-electron chi connectivity index (χ2n) is 7.27. The molecule has 0 bridgehead atoms. The van der Waals surface area contributed by atoms with Crippen LogP contribution in [0.5, 0.6) is 0 Å². The predicted molar refractivity (Wildman–Crippen MR) is 96.5 cm³/mol. The van der Waals surface area contributed by atoms with E-state index in [9.17, 15) is 4.79 Å². The number of aryl methyl sites for hydroxylation is 2. The van der Waals surface area contributed by atoms with Crippen LogP contribution in [0.4, 0.5) is 5.13 Å². The quantitative estimate of drug-likeness (QED) is 0.909. The molecule has 1 saturated carbocycles. The van der Waals surface area contributed by atoms with E-state index in [-0.39, 0.29) is 17.6 Å². The summed E-state index contributed by atoms with van der Waals surface area (Å²) in [5.74, 6) is 0.534. The first kappa shape index (κ1) is 15.5. The van der Waals surface area contributed by atoms with Crippen molar-refractivity contribution >= 4 is 16.5 Å². The molecule has 3 heterocycles. The number of anilines is 1. The Morgan fingerprint density at radius 3 is 2.92 bits per heavy atom. The molecule has 2 fully saturated rings. The molecule has 2 unspecified atom stereocenters. The number of hydrogen-bond acceptors (Lipinski definition) is 6. The standard InChI is InChI=1S/C18H22N4O2S/c23-17-8-7-12(11-5-6-11)21-22(17)15-10-24-9-14(15)20-18-19-13-3-1-2-4-16(13)25-18/h7-8,11,14-15H,1-6,9-10H2,(H,19,20). The molecule has 3 aliphatic rings. The van der Waals surface area contributed by atoms with Crippen LogP contribution in [0.2, 0.25) is 0 Å².